The van der Waals surface area contributed by atoms with E-state index in [1.54, 1.807) is 25.6 Å². The molecule has 2 heterocycles. The first kappa shape index (κ1) is 18.4. The van der Waals surface area contributed by atoms with E-state index in [4.69, 9.17) is 9.47 Å². The highest BCUT2D eigenvalue weighted by Crippen LogP contribution is 2.19. The molecule has 0 bridgehead atoms. The molecule has 2 aromatic rings. The molecular formula is C17H21N3O3S. The molecule has 0 N–H and O–H groups in total. The molecule has 0 aliphatic rings. The Kier molecular flexibility index (Phi) is 6.69. The summed E-state index contributed by atoms with van der Waals surface area (Å²) >= 11 is 1.25. The maximum absolute atomic E-state index is 11.9. The number of nitrogens with zero attached hydrogens (tertiary/aromatic N) is 3. The van der Waals surface area contributed by atoms with E-state index < -0.39 is 0 Å². The second-order valence-corrected chi connectivity index (χ2v) is 6.93. The van der Waals surface area contributed by atoms with Crippen molar-refractivity contribution in [1.29, 1.82) is 0 Å². The van der Waals surface area contributed by atoms with E-state index in [0.717, 1.165) is 11.4 Å². The van der Waals surface area contributed by atoms with Crippen LogP contribution in [0.2, 0.25) is 0 Å². The zero-order valence-electron chi connectivity index (χ0n) is 14.1. The van der Waals surface area contributed by atoms with Crippen molar-refractivity contribution in [3.63, 3.8) is 0 Å². The second-order valence-electron chi connectivity index (χ2n) is 5.99. The Morgan fingerprint density at radius 3 is 2.67 bits per heavy atom. The van der Waals surface area contributed by atoms with Crippen LogP contribution in [0.4, 0.5) is 0 Å². The number of esters is 1. The molecule has 24 heavy (non-hydrogen) atoms. The molecule has 6 nitrogen and oxygen atoms in total. The molecule has 0 saturated heterocycles. The first-order chi connectivity index (χ1) is 11.5. The van der Waals surface area contributed by atoms with Gasteiger partial charge in [-0.1, -0.05) is 31.7 Å². The number of thioether (sulfide) groups is 1. The first-order valence-corrected chi connectivity index (χ1v) is 8.50. The van der Waals surface area contributed by atoms with Crippen molar-refractivity contribution in [2.45, 2.75) is 19.0 Å². The average molecular weight is 347 g/mol. The summed E-state index contributed by atoms with van der Waals surface area (Å²) < 4.78 is 10.4. The Labute approximate surface area is 146 Å². The van der Waals surface area contributed by atoms with Crippen LogP contribution in [0.15, 0.2) is 41.8 Å². The largest absolute Gasteiger partial charge is 0.464 e. The lowest BCUT2D eigenvalue weighted by Crippen LogP contribution is -2.27. The monoisotopic (exact) mass is 347 g/mol. The number of hydrogen-bond acceptors (Lipinski definition) is 7. The van der Waals surface area contributed by atoms with Crippen molar-refractivity contribution in [3.8, 4) is 11.4 Å². The van der Waals surface area contributed by atoms with E-state index in [1.807, 2.05) is 32.0 Å². The molecule has 2 aromatic heterocycles. The van der Waals surface area contributed by atoms with Gasteiger partial charge in [-0.05, 0) is 18.2 Å². The topological polar surface area (TPSA) is 74.2 Å². The van der Waals surface area contributed by atoms with Crippen molar-refractivity contribution >= 4 is 17.7 Å². The Morgan fingerprint density at radius 2 is 1.96 bits per heavy atom. The van der Waals surface area contributed by atoms with Gasteiger partial charge in [0.2, 0.25) is 0 Å². The number of carbonyl (C=O) groups excluding carboxylic acids is 1. The summed E-state index contributed by atoms with van der Waals surface area (Å²) in [5, 5.41) is 0.520. The standard InChI is InChI=1S/C17H21N3O3S/c1-17(2,11-22-3)12-23-15(21)10-24-16-19-9-7-14(20-16)13-6-4-5-8-18-13/h4-9H,10-12H2,1-3H3. The fourth-order valence-electron chi connectivity index (χ4n) is 1.94. The van der Waals surface area contributed by atoms with Gasteiger partial charge in [0.15, 0.2) is 5.16 Å². The molecule has 7 heteroatoms. The molecule has 2 rings (SSSR count). The number of pyridine rings is 1. The highest BCUT2D eigenvalue weighted by molar-refractivity contribution is 7.99. The van der Waals surface area contributed by atoms with E-state index in [9.17, 15) is 4.79 Å². The molecule has 0 unspecified atom stereocenters. The summed E-state index contributed by atoms with van der Waals surface area (Å²) in [4.78, 5) is 24.7. The highest BCUT2D eigenvalue weighted by atomic mass is 32.2. The van der Waals surface area contributed by atoms with E-state index in [1.165, 1.54) is 11.8 Å². The molecule has 0 saturated carbocycles. The Morgan fingerprint density at radius 1 is 1.12 bits per heavy atom. The van der Waals surface area contributed by atoms with E-state index in [0.29, 0.717) is 18.4 Å². The number of ether oxygens (including phenoxy) is 2. The quantitative estimate of drug-likeness (QED) is 0.413. The van der Waals surface area contributed by atoms with Crippen LogP contribution >= 0.6 is 11.8 Å². The summed E-state index contributed by atoms with van der Waals surface area (Å²) in [6.07, 6.45) is 3.37. The summed E-state index contributed by atoms with van der Waals surface area (Å²) in [7, 11) is 1.63. The predicted octanol–water partition coefficient (Wildman–Crippen LogP) is 2.85. The minimum atomic E-state index is -0.295. The van der Waals surface area contributed by atoms with Gasteiger partial charge in [0.1, 0.15) is 0 Å². The first-order valence-electron chi connectivity index (χ1n) is 7.52. The van der Waals surface area contributed by atoms with Crippen molar-refractivity contribution in [2.75, 3.05) is 26.1 Å². The normalized spacial score (nSPS) is 11.3. The van der Waals surface area contributed by atoms with Gasteiger partial charge in [-0.2, -0.15) is 0 Å². The van der Waals surface area contributed by atoms with Gasteiger partial charge < -0.3 is 9.47 Å². The van der Waals surface area contributed by atoms with Gasteiger partial charge in [-0.15, -0.1) is 0 Å². The summed E-state index contributed by atoms with van der Waals surface area (Å²) in [5.41, 5.74) is 1.29. The van der Waals surface area contributed by atoms with Crippen LogP contribution in [0.25, 0.3) is 11.4 Å². The van der Waals surface area contributed by atoms with Gasteiger partial charge >= 0.3 is 5.97 Å². The lowest BCUT2D eigenvalue weighted by atomic mass is 9.96. The minimum absolute atomic E-state index is 0.161. The third kappa shape index (κ3) is 5.90. The average Bonchev–Trinajstić information content (AvgIpc) is 2.59. The van der Waals surface area contributed by atoms with Gasteiger partial charge in [-0.25, -0.2) is 9.97 Å². The molecule has 0 radical (unpaired) electrons. The number of aromatic nitrogens is 3. The van der Waals surface area contributed by atoms with Crippen LogP contribution in [0, 0.1) is 5.41 Å². The van der Waals surface area contributed by atoms with Crippen molar-refractivity contribution in [1.82, 2.24) is 15.0 Å². The van der Waals surface area contributed by atoms with E-state index in [-0.39, 0.29) is 17.1 Å². The zero-order valence-corrected chi connectivity index (χ0v) is 14.9. The third-order valence-electron chi connectivity index (χ3n) is 3.04. The number of carbonyl (C=O) groups is 1. The fraction of sp³-hybridized carbons (Fsp3) is 0.412. The smallest absolute Gasteiger partial charge is 0.316 e. The Hall–Kier alpha value is -1.99. The predicted molar refractivity (Wildman–Crippen MR) is 92.6 cm³/mol. The highest BCUT2D eigenvalue weighted by Gasteiger charge is 2.20. The number of methoxy groups -OCH3 is 1. The van der Waals surface area contributed by atoms with Crippen LogP contribution in [0.1, 0.15) is 13.8 Å². The number of rotatable bonds is 8. The zero-order chi connectivity index (χ0) is 17.4. The lowest BCUT2D eigenvalue weighted by Gasteiger charge is -2.22. The Balaban J connectivity index is 1.87. The molecule has 0 amide bonds. The van der Waals surface area contributed by atoms with Gasteiger partial charge in [-0.3, -0.25) is 9.78 Å². The molecule has 0 fully saturated rings. The van der Waals surface area contributed by atoms with E-state index >= 15 is 0 Å². The minimum Gasteiger partial charge on any atom is -0.464 e. The maximum Gasteiger partial charge on any atom is 0.316 e. The molecule has 0 aliphatic heterocycles. The van der Waals surface area contributed by atoms with Crippen molar-refractivity contribution < 1.29 is 14.3 Å². The molecule has 128 valence electrons. The lowest BCUT2D eigenvalue weighted by molar-refractivity contribution is -0.144. The van der Waals surface area contributed by atoms with Crippen LogP contribution in [0.3, 0.4) is 0 Å². The van der Waals surface area contributed by atoms with Crippen molar-refractivity contribution in [2.24, 2.45) is 5.41 Å². The third-order valence-corrected chi connectivity index (χ3v) is 3.87. The summed E-state index contributed by atoms with van der Waals surface area (Å²) in [6.45, 7) is 4.81. The van der Waals surface area contributed by atoms with Crippen LogP contribution in [0.5, 0.6) is 0 Å². The molecule has 0 aromatic carbocycles. The van der Waals surface area contributed by atoms with Crippen molar-refractivity contribution in [3.05, 3.63) is 36.7 Å². The number of hydrogen-bond donors (Lipinski definition) is 0. The molecule has 0 atom stereocenters. The van der Waals surface area contributed by atoms with Gasteiger partial charge in [0.05, 0.1) is 30.4 Å². The SMILES string of the molecule is COCC(C)(C)COC(=O)CSc1nccc(-c2ccccn2)n1. The summed E-state index contributed by atoms with van der Waals surface area (Å²) in [6, 6.07) is 7.42. The molecule has 0 aliphatic carbocycles. The van der Waals surface area contributed by atoms with Crippen LogP contribution in [-0.4, -0.2) is 47.0 Å². The van der Waals surface area contributed by atoms with Gasteiger partial charge in [0.25, 0.3) is 0 Å². The van der Waals surface area contributed by atoms with E-state index in [2.05, 4.69) is 15.0 Å². The summed E-state index contributed by atoms with van der Waals surface area (Å²) in [5.74, 6) is -0.134. The molecular weight excluding hydrogens is 326 g/mol. The molecule has 0 spiro atoms. The van der Waals surface area contributed by atoms with Gasteiger partial charge in [0, 0.05) is 24.9 Å². The van der Waals surface area contributed by atoms with Crippen LogP contribution in [-0.2, 0) is 14.3 Å². The fourth-order valence-corrected chi connectivity index (χ4v) is 2.57. The maximum atomic E-state index is 11.9. The van der Waals surface area contributed by atoms with Crippen LogP contribution < -0.4 is 0 Å². The Bertz CT molecular complexity index is 665. The second kappa shape index (κ2) is 8.75.